The summed E-state index contributed by atoms with van der Waals surface area (Å²) >= 11 is 0. The number of carboxylic acids is 1. The fraction of sp³-hybridized carbons (Fsp3) is 0. The number of aromatic amines is 1. The van der Waals surface area contributed by atoms with E-state index < -0.39 is 23.3 Å². The molecule has 0 fully saturated rings. The van der Waals surface area contributed by atoms with Crippen molar-refractivity contribution in [3.63, 3.8) is 0 Å². The molecule has 1 aromatic carbocycles. The monoisotopic (exact) mass is 276 g/mol. The zero-order valence-corrected chi connectivity index (χ0v) is 10.0. The molecule has 2 rings (SSSR count). The number of H-pyrrole nitrogens is 1. The van der Waals surface area contributed by atoms with Gasteiger partial charge in [-0.3, -0.25) is 9.59 Å². The first-order valence-corrected chi connectivity index (χ1v) is 5.50. The maximum absolute atomic E-state index is 13.0. The van der Waals surface area contributed by atoms with E-state index in [1.165, 1.54) is 12.3 Å². The van der Waals surface area contributed by atoms with E-state index in [0.29, 0.717) is 0 Å². The SMILES string of the molecule is O=C(Nc1ccc(F)cc1C(=O)O)c1cc[nH]c(=O)c1. The lowest BCUT2D eigenvalue weighted by atomic mass is 10.1. The quantitative estimate of drug-likeness (QED) is 0.790. The topological polar surface area (TPSA) is 99.3 Å². The number of rotatable bonds is 3. The number of nitrogens with one attached hydrogen (secondary N) is 2. The number of carbonyl (C=O) groups excluding carboxylic acids is 1. The number of pyridine rings is 1. The average molecular weight is 276 g/mol. The van der Waals surface area contributed by atoms with E-state index >= 15 is 0 Å². The summed E-state index contributed by atoms with van der Waals surface area (Å²) in [6.07, 6.45) is 1.29. The fourth-order valence-electron chi connectivity index (χ4n) is 1.58. The van der Waals surface area contributed by atoms with Crippen LogP contribution in [0.25, 0.3) is 0 Å². The number of halogens is 1. The summed E-state index contributed by atoms with van der Waals surface area (Å²) in [5.74, 6) is -2.76. The Bertz CT molecular complexity index is 739. The molecule has 3 N–H and O–H groups in total. The van der Waals surface area contributed by atoms with Gasteiger partial charge < -0.3 is 15.4 Å². The zero-order valence-electron chi connectivity index (χ0n) is 10.0. The van der Waals surface area contributed by atoms with Crippen LogP contribution in [0.15, 0.2) is 41.3 Å². The molecule has 0 saturated carbocycles. The maximum atomic E-state index is 13.0. The third-order valence-electron chi connectivity index (χ3n) is 2.50. The van der Waals surface area contributed by atoms with Crippen molar-refractivity contribution in [2.24, 2.45) is 0 Å². The minimum absolute atomic E-state index is 0.0517. The molecule has 0 saturated heterocycles. The van der Waals surface area contributed by atoms with Gasteiger partial charge in [-0.05, 0) is 24.3 Å². The van der Waals surface area contributed by atoms with E-state index in [0.717, 1.165) is 24.3 Å². The van der Waals surface area contributed by atoms with Gasteiger partial charge in [0, 0.05) is 17.8 Å². The molecule has 0 aliphatic heterocycles. The van der Waals surface area contributed by atoms with Crippen LogP contribution in [-0.4, -0.2) is 22.0 Å². The van der Waals surface area contributed by atoms with Crippen LogP contribution in [0.4, 0.5) is 10.1 Å². The smallest absolute Gasteiger partial charge is 0.337 e. The van der Waals surface area contributed by atoms with Gasteiger partial charge in [-0.2, -0.15) is 0 Å². The lowest BCUT2D eigenvalue weighted by molar-refractivity contribution is 0.0697. The largest absolute Gasteiger partial charge is 0.478 e. The van der Waals surface area contributed by atoms with Crippen molar-refractivity contribution in [2.45, 2.75) is 0 Å². The second-order valence-electron chi connectivity index (χ2n) is 3.89. The highest BCUT2D eigenvalue weighted by Gasteiger charge is 2.14. The highest BCUT2D eigenvalue weighted by atomic mass is 19.1. The van der Waals surface area contributed by atoms with E-state index in [9.17, 15) is 18.8 Å². The van der Waals surface area contributed by atoms with Crippen molar-refractivity contribution in [1.82, 2.24) is 4.98 Å². The molecule has 0 aliphatic carbocycles. The third kappa shape index (κ3) is 2.89. The van der Waals surface area contributed by atoms with Crippen molar-refractivity contribution in [3.8, 4) is 0 Å². The second kappa shape index (κ2) is 5.35. The van der Waals surface area contributed by atoms with E-state index in [1.54, 1.807) is 0 Å². The van der Waals surface area contributed by atoms with Gasteiger partial charge in [0.2, 0.25) is 5.56 Å². The number of aromatic carboxylic acids is 1. The Balaban J connectivity index is 2.33. The van der Waals surface area contributed by atoms with Crippen LogP contribution in [0.5, 0.6) is 0 Å². The number of anilines is 1. The van der Waals surface area contributed by atoms with Gasteiger partial charge in [0.05, 0.1) is 11.3 Å². The summed E-state index contributed by atoms with van der Waals surface area (Å²) in [4.78, 5) is 36.3. The van der Waals surface area contributed by atoms with Gasteiger partial charge in [0.1, 0.15) is 5.82 Å². The molecule has 1 heterocycles. The van der Waals surface area contributed by atoms with Crippen LogP contribution in [0.2, 0.25) is 0 Å². The summed E-state index contributed by atoms with van der Waals surface area (Å²) in [5, 5.41) is 11.3. The van der Waals surface area contributed by atoms with E-state index in [1.807, 2.05) is 0 Å². The molecule has 0 unspecified atom stereocenters. The summed E-state index contributed by atoms with van der Waals surface area (Å²) in [6, 6.07) is 5.40. The molecule has 0 radical (unpaired) electrons. The Kier molecular flexibility index (Phi) is 3.60. The fourth-order valence-corrected chi connectivity index (χ4v) is 1.58. The highest BCUT2D eigenvalue weighted by Crippen LogP contribution is 2.17. The average Bonchev–Trinajstić information content (AvgIpc) is 2.40. The molecule has 7 heteroatoms. The Morgan fingerprint density at radius 3 is 2.60 bits per heavy atom. The first-order valence-electron chi connectivity index (χ1n) is 5.50. The van der Waals surface area contributed by atoms with Gasteiger partial charge in [0.15, 0.2) is 0 Å². The van der Waals surface area contributed by atoms with Crippen LogP contribution >= 0.6 is 0 Å². The van der Waals surface area contributed by atoms with Crippen molar-refractivity contribution in [3.05, 3.63) is 63.8 Å². The molecule has 2 aromatic rings. The lowest BCUT2D eigenvalue weighted by Crippen LogP contribution is -2.17. The first-order chi connectivity index (χ1) is 9.47. The zero-order chi connectivity index (χ0) is 14.7. The lowest BCUT2D eigenvalue weighted by Gasteiger charge is -2.08. The number of aromatic nitrogens is 1. The number of carboxylic acid groups (broad SMARTS) is 1. The molecule has 20 heavy (non-hydrogen) atoms. The predicted octanol–water partition coefficient (Wildman–Crippen LogP) is 1.46. The number of hydrogen-bond acceptors (Lipinski definition) is 3. The molecule has 0 aliphatic rings. The van der Waals surface area contributed by atoms with Crippen molar-refractivity contribution in [2.75, 3.05) is 5.32 Å². The van der Waals surface area contributed by atoms with Crippen molar-refractivity contribution in [1.29, 1.82) is 0 Å². The van der Waals surface area contributed by atoms with Gasteiger partial charge in [-0.15, -0.1) is 0 Å². The minimum atomic E-state index is -1.37. The Morgan fingerprint density at radius 1 is 1.20 bits per heavy atom. The van der Waals surface area contributed by atoms with Gasteiger partial charge in [0.25, 0.3) is 5.91 Å². The summed E-state index contributed by atoms with van der Waals surface area (Å²) in [5.41, 5.74) is -0.822. The van der Waals surface area contributed by atoms with E-state index in [2.05, 4.69) is 10.3 Å². The van der Waals surface area contributed by atoms with Crippen LogP contribution < -0.4 is 10.9 Å². The van der Waals surface area contributed by atoms with E-state index in [4.69, 9.17) is 5.11 Å². The second-order valence-corrected chi connectivity index (χ2v) is 3.89. The van der Waals surface area contributed by atoms with Crippen LogP contribution in [-0.2, 0) is 0 Å². The molecule has 1 amide bonds. The van der Waals surface area contributed by atoms with E-state index in [-0.39, 0.29) is 16.8 Å². The molecule has 1 aromatic heterocycles. The van der Waals surface area contributed by atoms with Crippen LogP contribution in [0.3, 0.4) is 0 Å². The molecule has 0 bridgehead atoms. The molecular weight excluding hydrogens is 267 g/mol. The molecule has 0 spiro atoms. The van der Waals surface area contributed by atoms with Gasteiger partial charge >= 0.3 is 5.97 Å². The van der Waals surface area contributed by atoms with Crippen LogP contribution in [0, 0.1) is 5.82 Å². The van der Waals surface area contributed by atoms with Crippen molar-refractivity contribution < 1.29 is 19.1 Å². The summed E-state index contributed by atoms with van der Waals surface area (Å²) in [7, 11) is 0. The molecule has 0 atom stereocenters. The van der Waals surface area contributed by atoms with Gasteiger partial charge in [-0.1, -0.05) is 0 Å². The third-order valence-corrected chi connectivity index (χ3v) is 2.50. The maximum Gasteiger partial charge on any atom is 0.337 e. The Hall–Kier alpha value is -2.96. The molecule has 102 valence electrons. The molecular formula is C13H9FN2O4. The number of benzene rings is 1. The standard InChI is InChI=1S/C13H9FN2O4/c14-8-1-2-10(9(6-8)13(19)20)16-12(18)7-3-4-15-11(17)5-7/h1-6H,(H,15,17)(H,16,18)(H,19,20). The van der Waals surface area contributed by atoms with Crippen LogP contribution in [0.1, 0.15) is 20.7 Å². The summed E-state index contributed by atoms with van der Waals surface area (Å²) < 4.78 is 13.0. The van der Waals surface area contributed by atoms with Crippen molar-refractivity contribution >= 4 is 17.6 Å². The normalized spacial score (nSPS) is 10.1. The predicted molar refractivity (Wildman–Crippen MR) is 68.4 cm³/mol. The number of hydrogen-bond donors (Lipinski definition) is 3. The minimum Gasteiger partial charge on any atom is -0.478 e. The Morgan fingerprint density at radius 2 is 1.95 bits per heavy atom. The first kappa shape index (κ1) is 13.5. The summed E-state index contributed by atoms with van der Waals surface area (Å²) in [6.45, 7) is 0. The number of amides is 1. The highest BCUT2D eigenvalue weighted by molar-refractivity contribution is 6.07. The molecule has 6 nitrogen and oxygen atoms in total. The van der Waals surface area contributed by atoms with Gasteiger partial charge in [-0.25, -0.2) is 9.18 Å². The Labute approximate surface area is 111 Å². The number of carbonyl (C=O) groups is 2.